The SMILES string of the molecule is CCc1cnc(CNc2cnn(CCO)c(=O)c2Br)o1. The van der Waals surface area contributed by atoms with Gasteiger partial charge in [0, 0.05) is 6.42 Å². The van der Waals surface area contributed by atoms with Crippen molar-refractivity contribution < 1.29 is 9.52 Å². The Morgan fingerprint density at radius 2 is 2.30 bits per heavy atom. The summed E-state index contributed by atoms with van der Waals surface area (Å²) in [5.41, 5.74) is 0.256. The molecule has 0 bridgehead atoms. The van der Waals surface area contributed by atoms with Crippen molar-refractivity contribution in [2.45, 2.75) is 26.4 Å². The lowest BCUT2D eigenvalue weighted by atomic mass is 10.4. The second-order valence-corrected chi connectivity index (χ2v) is 4.84. The monoisotopic (exact) mass is 342 g/mol. The topological polar surface area (TPSA) is 93.2 Å². The summed E-state index contributed by atoms with van der Waals surface area (Å²) < 4.78 is 7.02. The average molecular weight is 343 g/mol. The van der Waals surface area contributed by atoms with Gasteiger partial charge in [-0.25, -0.2) is 9.67 Å². The highest BCUT2D eigenvalue weighted by Crippen LogP contribution is 2.17. The van der Waals surface area contributed by atoms with Gasteiger partial charge in [-0.1, -0.05) is 6.92 Å². The highest BCUT2D eigenvalue weighted by Gasteiger charge is 2.09. The molecular weight excluding hydrogens is 328 g/mol. The number of aliphatic hydroxyl groups is 1. The summed E-state index contributed by atoms with van der Waals surface area (Å²) in [6.07, 6.45) is 3.99. The summed E-state index contributed by atoms with van der Waals surface area (Å²) in [5, 5.41) is 15.8. The average Bonchev–Trinajstić information content (AvgIpc) is 2.91. The van der Waals surface area contributed by atoms with E-state index in [0.717, 1.165) is 12.2 Å². The van der Waals surface area contributed by atoms with Gasteiger partial charge in [0.25, 0.3) is 5.56 Å². The van der Waals surface area contributed by atoms with E-state index in [1.807, 2.05) is 6.92 Å². The van der Waals surface area contributed by atoms with Crippen LogP contribution >= 0.6 is 15.9 Å². The van der Waals surface area contributed by atoms with E-state index in [2.05, 4.69) is 31.3 Å². The molecule has 2 aromatic heterocycles. The Hall–Kier alpha value is -1.67. The van der Waals surface area contributed by atoms with E-state index < -0.39 is 0 Å². The molecule has 0 aliphatic heterocycles. The lowest BCUT2D eigenvalue weighted by Gasteiger charge is -2.08. The van der Waals surface area contributed by atoms with Crippen LogP contribution in [-0.4, -0.2) is 26.5 Å². The van der Waals surface area contributed by atoms with E-state index in [-0.39, 0.29) is 18.7 Å². The maximum absolute atomic E-state index is 11.9. The van der Waals surface area contributed by atoms with Gasteiger partial charge in [0.2, 0.25) is 5.89 Å². The third-order valence-electron chi connectivity index (χ3n) is 2.68. The van der Waals surface area contributed by atoms with Crippen LogP contribution in [0.1, 0.15) is 18.6 Å². The Bertz CT molecular complexity index is 638. The molecule has 0 atom stereocenters. The smallest absolute Gasteiger partial charge is 0.283 e. The number of aryl methyl sites for hydroxylation is 1. The molecule has 2 heterocycles. The summed E-state index contributed by atoms with van der Waals surface area (Å²) in [6.45, 7) is 2.38. The highest BCUT2D eigenvalue weighted by atomic mass is 79.9. The van der Waals surface area contributed by atoms with Gasteiger partial charge < -0.3 is 14.8 Å². The molecular formula is C12H15BrN4O3. The Morgan fingerprint density at radius 1 is 1.50 bits per heavy atom. The molecule has 0 radical (unpaired) electrons. The molecule has 0 fully saturated rings. The molecule has 0 aromatic carbocycles. The minimum absolute atomic E-state index is 0.137. The molecule has 2 N–H and O–H groups in total. The van der Waals surface area contributed by atoms with Crippen molar-refractivity contribution in [3.63, 3.8) is 0 Å². The van der Waals surface area contributed by atoms with E-state index in [1.165, 1.54) is 10.9 Å². The minimum atomic E-state index is -0.300. The van der Waals surface area contributed by atoms with Crippen LogP contribution in [0.5, 0.6) is 0 Å². The van der Waals surface area contributed by atoms with Gasteiger partial charge in [0.15, 0.2) is 0 Å². The molecule has 2 aromatic rings. The third-order valence-corrected chi connectivity index (χ3v) is 3.44. The molecule has 0 spiro atoms. The maximum atomic E-state index is 11.9. The van der Waals surface area contributed by atoms with Crippen LogP contribution in [0.4, 0.5) is 5.69 Å². The van der Waals surface area contributed by atoms with Crippen LogP contribution in [0, 0.1) is 0 Å². The van der Waals surface area contributed by atoms with Gasteiger partial charge in [-0.2, -0.15) is 5.10 Å². The van der Waals surface area contributed by atoms with Crippen LogP contribution in [0.3, 0.4) is 0 Å². The van der Waals surface area contributed by atoms with Gasteiger partial charge in [-0.05, 0) is 15.9 Å². The standard InChI is InChI=1S/C12H15BrN4O3/c1-2-8-5-15-10(20-8)7-14-9-6-16-17(3-4-18)12(19)11(9)13/h5-6,14,18H,2-4,7H2,1H3. The van der Waals surface area contributed by atoms with Gasteiger partial charge in [0.1, 0.15) is 10.2 Å². The molecule has 8 heteroatoms. The third kappa shape index (κ3) is 3.26. The van der Waals surface area contributed by atoms with Crippen molar-refractivity contribution >= 4 is 21.6 Å². The van der Waals surface area contributed by atoms with Crippen LogP contribution in [0.25, 0.3) is 0 Å². The van der Waals surface area contributed by atoms with Crippen molar-refractivity contribution in [2.75, 3.05) is 11.9 Å². The van der Waals surface area contributed by atoms with Gasteiger partial charge >= 0.3 is 0 Å². The summed E-state index contributed by atoms with van der Waals surface area (Å²) in [5.74, 6) is 1.37. The molecule has 7 nitrogen and oxygen atoms in total. The zero-order chi connectivity index (χ0) is 14.5. The first-order chi connectivity index (χ1) is 9.65. The zero-order valence-electron chi connectivity index (χ0n) is 11.0. The fourth-order valence-corrected chi connectivity index (χ4v) is 2.05. The lowest BCUT2D eigenvalue weighted by Crippen LogP contribution is -2.25. The summed E-state index contributed by atoms with van der Waals surface area (Å²) >= 11 is 3.22. The number of anilines is 1. The van der Waals surface area contributed by atoms with Crippen molar-refractivity contribution in [1.82, 2.24) is 14.8 Å². The van der Waals surface area contributed by atoms with Gasteiger partial charge in [0.05, 0.1) is 37.8 Å². The minimum Gasteiger partial charge on any atom is -0.444 e. The molecule has 0 saturated carbocycles. The van der Waals surface area contributed by atoms with Gasteiger partial charge in [-0.15, -0.1) is 0 Å². The highest BCUT2D eigenvalue weighted by molar-refractivity contribution is 9.10. The van der Waals surface area contributed by atoms with Crippen LogP contribution in [0.15, 0.2) is 26.1 Å². The molecule has 0 unspecified atom stereocenters. The first-order valence-electron chi connectivity index (χ1n) is 6.19. The van der Waals surface area contributed by atoms with Crippen LogP contribution < -0.4 is 10.9 Å². The second kappa shape index (κ2) is 6.67. The molecule has 0 saturated heterocycles. The Kier molecular flexibility index (Phi) is 4.91. The summed E-state index contributed by atoms with van der Waals surface area (Å²) in [6, 6.07) is 0. The molecule has 0 aliphatic rings. The fraction of sp³-hybridized carbons (Fsp3) is 0.417. The quantitative estimate of drug-likeness (QED) is 0.818. The Morgan fingerprint density at radius 3 is 2.95 bits per heavy atom. The number of halogens is 1. The predicted octanol–water partition coefficient (Wildman–Crippen LogP) is 1.16. The number of aliphatic hydroxyl groups excluding tert-OH is 1. The molecule has 0 aliphatic carbocycles. The van der Waals surface area contributed by atoms with Crippen molar-refractivity contribution in [3.8, 4) is 0 Å². The predicted molar refractivity (Wildman–Crippen MR) is 76.5 cm³/mol. The lowest BCUT2D eigenvalue weighted by molar-refractivity contribution is 0.266. The number of nitrogens with one attached hydrogen (secondary N) is 1. The number of hydrogen-bond donors (Lipinski definition) is 2. The number of hydrogen-bond acceptors (Lipinski definition) is 6. The number of oxazole rings is 1. The number of rotatable bonds is 6. The normalized spacial score (nSPS) is 10.8. The number of aromatic nitrogens is 3. The van der Waals surface area contributed by atoms with E-state index in [1.54, 1.807) is 6.20 Å². The van der Waals surface area contributed by atoms with E-state index in [9.17, 15) is 4.79 Å². The Labute approximate surface area is 123 Å². The summed E-state index contributed by atoms with van der Waals surface area (Å²) in [4.78, 5) is 16.0. The van der Waals surface area contributed by atoms with E-state index >= 15 is 0 Å². The van der Waals surface area contributed by atoms with E-state index in [4.69, 9.17) is 9.52 Å². The summed E-state index contributed by atoms with van der Waals surface area (Å²) in [7, 11) is 0. The van der Waals surface area contributed by atoms with Crippen LogP contribution in [0.2, 0.25) is 0 Å². The van der Waals surface area contributed by atoms with Gasteiger partial charge in [-0.3, -0.25) is 4.79 Å². The number of nitrogens with zero attached hydrogens (tertiary/aromatic N) is 3. The second-order valence-electron chi connectivity index (χ2n) is 4.05. The van der Waals surface area contributed by atoms with Crippen molar-refractivity contribution in [1.29, 1.82) is 0 Å². The maximum Gasteiger partial charge on any atom is 0.283 e. The van der Waals surface area contributed by atoms with E-state index in [0.29, 0.717) is 22.6 Å². The first-order valence-corrected chi connectivity index (χ1v) is 6.99. The largest absolute Gasteiger partial charge is 0.444 e. The molecule has 108 valence electrons. The molecule has 20 heavy (non-hydrogen) atoms. The van der Waals surface area contributed by atoms with Crippen LogP contribution in [-0.2, 0) is 19.5 Å². The first kappa shape index (κ1) is 14.7. The van der Waals surface area contributed by atoms with Crippen molar-refractivity contribution in [2.24, 2.45) is 0 Å². The Balaban J connectivity index is 2.10. The fourth-order valence-electron chi connectivity index (χ4n) is 1.61. The van der Waals surface area contributed by atoms with Crippen molar-refractivity contribution in [3.05, 3.63) is 38.9 Å². The molecule has 0 amide bonds. The zero-order valence-corrected chi connectivity index (χ0v) is 12.6. The molecule has 2 rings (SSSR count).